The smallest absolute Gasteiger partial charge is 0.243 e. The highest BCUT2D eigenvalue weighted by molar-refractivity contribution is 6.31. The SMILES string of the molecule is Cc1cccc(NC(=O)CN(C)C(=O)C2CC2c2ccccc2Cl)c1C. The Kier molecular flexibility index (Phi) is 5.33. The zero-order valence-corrected chi connectivity index (χ0v) is 16.0. The largest absolute Gasteiger partial charge is 0.336 e. The van der Waals surface area contributed by atoms with Gasteiger partial charge in [0.2, 0.25) is 11.8 Å². The molecule has 1 fully saturated rings. The molecule has 2 unspecified atom stereocenters. The predicted molar refractivity (Wildman–Crippen MR) is 104 cm³/mol. The molecule has 0 aliphatic heterocycles. The van der Waals surface area contributed by atoms with Crippen molar-refractivity contribution in [2.45, 2.75) is 26.2 Å². The lowest BCUT2D eigenvalue weighted by molar-refractivity contribution is -0.134. The third-order valence-corrected chi connectivity index (χ3v) is 5.39. The van der Waals surface area contributed by atoms with Crippen molar-refractivity contribution >= 4 is 29.1 Å². The molecular weight excluding hydrogens is 348 g/mol. The van der Waals surface area contributed by atoms with E-state index in [2.05, 4.69) is 5.32 Å². The van der Waals surface area contributed by atoms with Gasteiger partial charge in [-0.05, 0) is 55.0 Å². The van der Waals surface area contributed by atoms with Gasteiger partial charge in [0, 0.05) is 23.7 Å². The number of hydrogen-bond donors (Lipinski definition) is 1. The van der Waals surface area contributed by atoms with Gasteiger partial charge in [-0.25, -0.2) is 0 Å². The maximum atomic E-state index is 12.6. The summed E-state index contributed by atoms with van der Waals surface area (Å²) in [4.78, 5) is 26.4. The number of carbonyl (C=O) groups is 2. The maximum Gasteiger partial charge on any atom is 0.243 e. The predicted octanol–water partition coefficient (Wildman–Crippen LogP) is 4.16. The van der Waals surface area contributed by atoms with E-state index in [-0.39, 0.29) is 30.2 Å². The van der Waals surface area contributed by atoms with Gasteiger partial charge in [-0.2, -0.15) is 0 Å². The highest BCUT2D eigenvalue weighted by Gasteiger charge is 2.46. The van der Waals surface area contributed by atoms with Crippen molar-refractivity contribution in [1.82, 2.24) is 4.90 Å². The second-order valence-electron chi connectivity index (χ2n) is 6.96. The zero-order chi connectivity index (χ0) is 18.8. The molecule has 5 heteroatoms. The molecule has 136 valence electrons. The van der Waals surface area contributed by atoms with Crippen LogP contribution in [0.5, 0.6) is 0 Å². The second-order valence-corrected chi connectivity index (χ2v) is 7.37. The average Bonchev–Trinajstić information content (AvgIpc) is 3.39. The van der Waals surface area contributed by atoms with Gasteiger partial charge in [-0.1, -0.05) is 41.9 Å². The number of nitrogens with zero attached hydrogens (tertiary/aromatic N) is 1. The first kappa shape index (κ1) is 18.5. The summed E-state index contributed by atoms with van der Waals surface area (Å²) in [6.45, 7) is 4.01. The van der Waals surface area contributed by atoms with E-state index >= 15 is 0 Å². The Labute approximate surface area is 159 Å². The summed E-state index contributed by atoms with van der Waals surface area (Å²) in [7, 11) is 1.67. The third kappa shape index (κ3) is 3.91. The Morgan fingerprint density at radius 2 is 1.88 bits per heavy atom. The monoisotopic (exact) mass is 370 g/mol. The summed E-state index contributed by atoms with van der Waals surface area (Å²) in [6, 6.07) is 13.4. The molecule has 1 saturated carbocycles. The summed E-state index contributed by atoms with van der Waals surface area (Å²) in [5.74, 6) is -0.135. The van der Waals surface area contributed by atoms with Gasteiger partial charge in [0.25, 0.3) is 0 Å². The molecule has 2 aromatic carbocycles. The molecule has 1 N–H and O–H groups in total. The molecule has 26 heavy (non-hydrogen) atoms. The number of hydrogen-bond acceptors (Lipinski definition) is 2. The van der Waals surface area contributed by atoms with E-state index in [0.717, 1.165) is 28.8 Å². The van der Waals surface area contributed by atoms with E-state index in [0.29, 0.717) is 5.02 Å². The number of amides is 2. The van der Waals surface area contributed by atoms with Crippen molar-refractivity contribution in [3.8, 4) is 0 Å². The Morgan fingerprint density at radius 3 is 2.62 bits per heavy atom. The number of aryl methyl sites for hydroxylation is 1. The molecule has 0 heterocycles. The molecule has 1 aliphatic carbocycles. The van der Waals surface area contributed by atoms with Gasteiger partial charge in [-0.3, -0.25) is 9.59 Å². The minimum absolute atomic E-state index is 0.00830. The van der Waals surface area contributed by atoms with Gasteiger partial charge < -0.3 is 10.2 Å². The van der Waals surface area contributed by atoms with Crippen LogP contribution in [-0.2, 0) is 9.59 Å². The van der Waals surface area contributed by atoms with Crippen molar-refractivity contribution in [2.24, 2.45) is 5.92 Å². The molecule has 0 radical (unpaired) electrons. The summed E-state index contributed by atoms with van der Waals surface area (Å²) >= 11 is 6.22. The highest BCUT2D eigenvalue weighted by Crippen LogP contribution is 2.50. The molecule has 2 atom stereocenters. The van der Waals surface area contributed by atoms with Crippen molar-refractivity contribution < 1.29 is 9.59 Å². The molecular formula is C21H23ClN2O2. The van der Waals surface area contributed by atoms with E-state index < -0.39 is 0 Å². The maximum absolute atomic E-state index is 12.6. The zero-order valence-electron chi connectivity index (χ0n) is 15.3. The lowest BCUT2D eigenvalue weighted by Gasteiger charge is -2.18. The first-order chi connectivity index (χ1) is 12.4. The van der Waals surface area contributed by atoms with Gasteiger partial charge >= 0.3 is 0 Å². The van der Waals surface area contributed by atoms with Crippen LogP contribution in [0.25, 0.3) is 0 Å². The third-order valence-electron chi connectivity index (χ3n) is 5.05. The average molecular weight is 371 g/mol. The van der Waals surface area contributed by atoms with Crippen LogP contribution in [-0.4, -0.2) is 30.3 Å². The molecule has 4 nitrogen and oxygen atoms in total. The van der Waals surface area contributed by atoms with E-state index in [1.165, 1.54) is 4.90 Å². The van der Waals surface area contributed by atoms with Crippen LogP contribution in [0.4, 0.5) is 5.69 Å². The second kappa shape index (κ2) is 7.50. The highest BCUT2D eigenvalue weighted by atomic mass is 35.5. The Hall–Kier alpha value is -2.33. The Balaban J connectivity index is 1.57. The fourth-order valence-corrected chi connectivity index (χ4v) is 3.52. The molecule has 1 aliphatic rings. The molecule has 0 bridgehead atoms. The molecule has 0 spiro atoms. The number of carbonyl (C=O) groups excluding carboxylic acids is 2. The van der Waals surface area contributed by atoms with Crippen LogP contribution in [0.15, 0.2) is 42.5 Å². The molecule has 2 amide bonds. The van der Waals surface area contributed by atoms with Gasteiger partial charge in [-0.15, -0.1) is 0 Å². The first-order valence-electron chi connectivity index (χ1n) is 8.74. The number of anilines is 1. The van der Waals surface area contributed by atoms with Crippen LogP contribution in [0.3, 0.4) is 0 Å². The lowest BCUT2D eigenvalue weighted by Crippen LogP contribution is -2.36. The number of rotatable bonds is 5. The standard InChI is InChI=1S/C21H23ClN2O2/c1-13-7-6-10-19(14(13)2)23-20(25)12-24(3)21(26)17-11-16(17)15-8-4-5-9-18(15)22/h4-10,16-17H,11-12H2,1-3H3,(H,23,25). The lowest BCUT2D eigenvalue weighted by atomic mass is 10.1. The molecule has 0 aromatic heterocycles. The quantitative estimate of drug-likeness (QED) is 0.859. The summed E-state index contributed by atoms with van der Waals surface area (Å²) in [5.41, 5.74) is 3.96. The normalized spacial score (nSPS) is 18.3. The van der Waals surface area contributed by atoms with Crippen molar-refractivity contribution in [2.75, 3.05) is 18.9 Å². The van der Waals surface area contributed by atoms with Crippen LogP contribution in [0.2, 0.25) is 5.02 Å². The van der Waals surface area contributed by atoms with Crippen molar-refractivity contribution in [1.29, 1.82) is 0 Å². The van der Waals surface area contributed by atoms with Gasteiger partial charge in [0.15, 0.2) is 0 Å². The Bertz CT molecular complexity index is 850. The number of likely N-dealkylation sites (N-methyl/N-ethyl adjacent to an activating group) is 1. The number of halogens is 1. The van der Waals surface area contributed by atoms with Crippen molar-refractivity contribution in [3.05, 3.63) is 64.2 Å². The summed E-state index contributed by atoms with van der Waals surface area (Å²) in [6.07, 6.45) is 0.783. The Morgan fingerprint density at radius 1 is 1.15 bits per heavy atom. The minimum Gasteiger partial charge on any atom is -0.336 e. The minimum atomic E-state index is -0.190. The molecule has 2 aromatic rings. The number of benzene rings is 2. The molecule has 0 saturated heterocycles. The topological polar surface area (TPSA) is 49.4 Å². The van der Waals surface area contributed by atoms with Crippen LogP contribution in [0, 0.1) is 19.8 Å². The summed E-state index contributed by atoms with van der Waals surface area (Å²) in [5, 5.41) is 3.59. The van der Waals surface area contributed by atoms with Crippen molar-refractivity contribution in [3.63, 3.8) is 0 Å². The number of nitrogens with one attached hydrogen (secondary N) is 1. The fourth-order valence-electron chi connectivity index (χ4n) is 3.24. The van der Waals surface area contributed by atoms with E-state index in [4.69, 9.17) is 11.6 Å². The molecule has 3 rings (SSSR count). The fraction of sp³-hybridized carbons (Fsp3) is 0.333. The van der Waals surface area contributed by atoms with Crippen LogP contribution < -0.4 is 5.32 Å². The van der Waals surface area contributed by atoms with E-state index in [1.807, 2.05) is 56.3 Å². The van der Waals surface area contributed by atoms with Crippen LogP contribution >= 0.6 is 11.6 Å². The first-order valence-corrected chi connectivity index (χ1v) is 9.11. The van der Waals surface area contributed by atoms with E-state index in [9.17, 15) is 9.59 Å². The van der Waals surface area contributed by atoms with Gasteiger partial charge in [0.1, 0.15) is 0 Å². The van der Waals surface area contributed by atoms with Crippen LogP contribution in [0.1, 0.15) is 29.0 Å². The summed E-state index contributed by atoms with van der Waals surface area (Å²) < 4.78 is 0. The van der Waals surface area contributed by atoms with Gasteiger partial charge in [0.05, 0.1) is 6.54 Å². The van der Waals surface area contributed by atoms with E-state index in [1.54, 1.807) is 7.05 Å².